The lowest BCUT2D eigenvalue weighted by Gasteiger charge is -2.31. The van der Waals surface area contributed by atoms with Crippen molar-refractivity contribution < 1.29 is 4.74 Å². The van der Waals surface area contributed by atoms with Gasteiger partial charge in [0, 0.05) is 25.7 Å². The highest BCUT2D eigenvalue weighted by molar-refractivity contribution is 7.20. The smallest absolute Gasteiger partial charge is 0.0991 e. The zero-order chi connectivity index (χ0) is 13.1. The summed E-state index contributed by atoms with van der Waals surface area (Å²) >= 11 is 13.5. The van der Waals surface area contributed by atoms with Gasteiger partial charge in [0.1, 0.15) is 0 Å². The van der Waals surface area contributed by atoms with Crippen molar-refractivity contribution in [3.8, 4) is 0 Å². The lowest BCUT2D eigenvalue weighted by atomic mass is 10.1. The number of hydrogen-bond donors (Lipinski definition) is 1. The summed E-state index contributed by atoms with van der Waals surface area (Å²) in [6.45, 7) is 5.71. The molecule has 1 fully saturated rings. The van der Waals surface area contributed by atoms with Crippen LogP contribution in [0.5, 0.6) is 0 Å². The van der Waals surface area contributed by atoms with Gasteiger partial charge in [0.05, 0.1) is 21.4 Å². The number of likely N-dealkylation sites (N-methyl/N-ethyl adjacent to an activating group) is 1. The molecule has 6 heteroatoms. The molecule has 2 unspecified atom stereocenters. The minimum Gasteiger partial charge on any atom is -0.374 e. The highest BCUT2D eigenvalue weighted by Crippen LogP contribution is 2.34. The Balaban J connectivity index is 1.84. The molecule has 0 spiro atoms. The van der Waals surface area contributed by atoms with Gasteiger partial charge in [0.15, 0.2) is 0 Å². The van der Waals surface area contributed by atoms with E-state index >= 15 is 0 Å². The zero-order valence-corrected chi connectivity index (χ0v) is 12.9. The molecule has 0 aromatic carbocycles. The Morgan fingerprint density at radius 1 is 1.61 bits per heavy atom. The molecule has 0 amide bonds. The molecule has 0 aliphatic carbocycles. The molecule has 0 bridgehead atoms. The van der Waals surface area contributed by atoms with Crippen LogP contribution in [0.15, 0.2) is 6.07 Å². The SMILES string of the molecule is CC(NCC1CN(C)CCO1)c1cc(Cl)sc1Cl. The number of hydrogen-bond acceptors (Lipinski definition) is 4. The van der Waals surface area contributed by atoms with Gasteiger partial charge in [-0.15, -0.1) is 11.3 Å². The van der Waals surface area contributed by atoms with Crippen molar-refractivity contribution in [3.05, 3.63) is 20.3 Å². The molecule has 1 aromatic rings. The van der Waals surface area contributed by atoms with E-state index in [2.05, 4.69) is 24.2 Å². The van der Waals surface area contributed by atoms with E-state index in [-0.39, 0.29) is 12.1 Å². The van der Waals surface area contributed by atoms with E-state index in [1.165, 1.54) is 11.3 Å². The highest BCUT2D eigenvalue weighted by atomic mass is 35.5. The number of nitrogens with one attached hydrogen (secondary N) is 1. The van der Waals surface area contributed by atoms with Gasteiger partial charge < -0.3 is 15.0 Å². The van der Waals surface area contributed by atoms with E-state index in [1.807, 2.05) is 6.07 Å². The molecule has 18 heavy (non-hydrogen) atoms. The summed E-state index contributed by atoms with van der Waals surface area (Å²) < 4.78 is 7.21. The Kier molecular flexibility index (Phi) is 5.30. The summed E-state index contributed by atoms with van der Waals surface area (Å²) in [5.41, 5.74) is 1.07. The van der Waals surface area contributed by atoms with Crippen LogP contribution in [0.3, 0.4) is 0 Å². The van der Waals surface area contributed by atoms with Gasteiger partial charge in [0.2, 0.25) is 0 Å². The van der Waals surface area contributed by atoms with Gasteiger partial charge in [-0.05, 0) is 25.6 Å². The van der Waals surface area contributed by atoms with Crippen molar-refractivity contribution in [2.45, 2.75) is 19.1 Å². The zero-order valence-electron chi connectivity index (χ0n) is 10.6. The van der Waals surface area contributed by atoms with Crippen LogP contribution in [0, 0.1) is 0 Å². The Morgan fingerprint density at radius 2 is 2.39 bits per heavy atom. The number of rotatable bonds is 4. The molecule has 2 heterocycles. The molecule has 2 rings (SSSR count). The first-order valence-electron chi connectivity index (χ1n) is 6.04. The van der Waals surface area contributed by atoms with Crippen molar-refractivity contribution in [1.29, 1.82) is 0 Å². The Bertz CT molecular complexity index is 399. The standard InChI is InChI=1S/C12H18Cl2N2OS/c1-8(10-5-11(13)18-12(10)14)15-6-9-7-16(2)3-4-17-9/h5,8-9,15H,3-4,6-7H2,1-2H3. The fraction of sp³-hybridized carbons (Fsp3) is 0.667. The van der Waals surface area contributed by atoms with E-state index in [4.69, 9.17) is 27.9 Å². The molecular weight excluding hydrogens is 291 g/mol. The minimum atomic E-state index is 0.192. The topological polar surface area (TPSA) is 24.5 Å². The van der Waals surface area contributed by atoms with Gasteiger partial charge in [-0.3, -0.25) is 0 Å². The van der Waals surface area contributed by atoms with Crippen LogP contribution in [0.25, 0.3) is 0 Å². The summed E-state index contributed by atoms with van der Waals surface area (Å²) in [7, 11) is 2.12. The molecule has 0 saturated carbocycles. The van der Waals surface area contributed by atoms with Crippen LogP contribution in [-0.2, 0) is 4.74 Å². The number of thiophene rings is 1. The number of halogens is 2. The van der Waals surface area contributed by atoms with Crippen LogP contribution in [0.2, 0.25) is 8.67 Å². The van der Waals surface area contributed by atoms with Crippen LogP contribution < -0.4 is 5.32 Å². The first-order chi connectivity index (χ1) is 8.56. The largest absolute Gasteiger partial charge is 0.374 e. The second kappa shape index (κ2) is 6.55. The van der Waals surface area contributed by atoms with Gasteiger partial charge >= 0.3 is 0 Å². The van der Waals surface area contributed by atoms with Crippen LogP contribution in [0.1, 0.15) is 18.5 Å². The molecule has 1 aromatic heterocycles. The van der Waals surface area contributed by atoms with Crippen LogP contribution >= 0.6 is 34.5 Å². The predicted molar refractivity (Wildman–Crippen MR) is 78.0 cm³/mol. The van der Waals surface area contributed by atoms with Gasteiger partial charge in [0.25, 0.3) is 0 Å². The Hall–Kier alpha value is 0.160. The molecule has 1 saturated heterocycles. The summed E-state index contributed by atoms with van der Waals surface area (Å²) in [6.07, 6.45) is 0.249. The van der Waals surface area contributed by atoms with Gasteiger partial charge in [-0.1, -0.05) is 23.2 Å². The first kappa shape index (κ1) is 14.6. The third kappa shape index (κ3) is 3.83. The average molecular weight is 309 g/mol. The minimum absolute atomic E-state index is 0.192. The molecule has 1 aliphatic rings. The van der Waals surface area contributed by atoms with E-state index in [1.54, 1.807) is 0 Å². The van der Waals surface area contributed by atoms with Crippen molar-refractivity contribution in [1.82, 2.24) is 10.2 Å². The van der Waals surface area contributed by atoms with Crippen molar-refractivity contribution in [2.24, 2.45) is 0 Å². The molecular formula is C12H18Cl2N2OS. The second-order valence-electron chi connectivity index (χ2n) is 4.66. The quantitative estimate of drug-likeness (QED) is 0.925. The monoisotopic (exact) mass is 308 g/mol. The second-order valence-corrected chi connectivity index (χ2v) is 6.95. The number of morpholine rings is 1. The van der Waals surface area contributed by atoms with E-state index in [9.17, 15) is 0 Å². The van der Waals surface area contributed by atoms with Crippen LogP contribution in [0.4, 0.5) is 0 Å². The summed E-state index contributed by atoms with van der Waals surface area (Å²) in [5.74, 6) is 0. The Labute approximate surface area is 122 Å². The fourth-order valence-electron chi connectivity index (χ4n) is 2.06. The van der Waals surface area contributed by atoms with Gasteiger partial charge in [-0.2, -0.15) is 0 Å². The van der Waals surface area contributed by atoms with E-state index < -0.39 is 0 Å². The third-order valence-electron chi connectivity index (χ3n) is 3.14. The van der Waals surface area contributed by atoms with Gasteiger partial charge in [-0.25, -0.2) is 0 Å². The summed E-state index contributed by atoms with van der Waals surface area (Å²) in [6, 6.07) is 2.12. The molecule has 2 atom stereocenters. The maximum atomic E-state index is 6.14. The molecule has 3 nitrogen and oxygen atoms in total. The lowest BCUT2D eigenvalue weighted by molar-refractivity contribution is -0.0190. The van der Waals surface area contributed by atoms with E-state index in [0.29, 0.717) is 0 Å². The van der Waals surface area contributed by atoms with E-state index in [0.717, 1.165) is 40.5 Å². The Morgan fingerprint density at radius 3 is 3.00 bits per heavy atom. The normalized spacial score (nSPS) is 23.2. The molecule has 102 valence electrons. The van der Waals surface area contributed by atoms with Crippen molar-refractivity contribution in [2.75, 3.05) is 33.3 Å². The summed E-state index contributed by atoms with van der Waals surface area (Å²) in [5, 5.41) is 3.46. The third-order valence-corrected chi connectivity index (χ3v) is 4.66. The van der Waals surface area contributed by atoms with Crippen molar-refractivity contribution in [3.63, 3.8) is 0 Å². The molecule has 1 aliphatic heterocycles. The maximum Gasteiger partial charge on any atom is 0.0991 e. The summed E-state index contributed by atoms with van der Waals surface area (Å²) in [4.78, 5) is 2.29. The molecule has 0 radical (unpaired) electrons. The van der Waals surface area contributed by atoms with Crippen molar-refractivity contribution >= 4 is 34.5 Å². The first-order valence-corrected chi connectivity index (χ1v) is 7.61. The molecule has 1 N–H and O–H groups in total. The number of nitrogens with zero attached hydrogens (tertiary/aromatic N) is 1. The van der Waals surface area contributed by atoms with Crippen LogP contribution in [-0.4, -0.2) is 44.3 Å². The highest BCUT2D eigenvalue weighted by Gasteiger charge is 2.19. The number of ether oxygens (including phenoxy) is 1. The average Bonchev–Trinajstić information content (AvgIpc) is 2.66. The fourth-order valence-corrected chi connectivity index (χ4v) is 3.70. The predicted octanol–water partition coefficient (Wildman–Crippen LogP) is 3.04. The lowest BCUT2D eigenvalue weighted by Crippen LogP contribution is -2.45. The maximum absolute atomic E-state index is 6.14.